The van der Waals surface area contributed by atoms with Gasteiger partial charge in [-0.25, -0.2) is 14.4 Å². The highest BCUT2D eigenvalue weighted by Crippen LogP contribution is 2.44. The third kappa shape index (κ3) is 4.10. The number of pyridine rings is 2. The van der Waals surface area contributed by atoms with E-state index in [-0.39, 0.29) is 47.7 Å². The molecule has 33 heavy (non-hydrogen) atoms. The van der Waals surface area contributed by atoms with Crippen LogP contribution in [0.2, 0.25) is 0 Å². The second kappa shape index (κ2) is 8.06. The Bertz CT molecular complexity index is 1220. The van der Waals surface area contributed by atoms with Gasteiger partial charge < -0.3 is 9.47 Å². The van der Waals surface area contributed by atoms with Gasteiger partial charge in [0.1, 0.15) is 18.1 Å². The molecule has 0 aromatic carbocycles. The van der Waals surface area contributed by atoms with Crippen LogP contribution in [0.4, 0.5) is 27.6 Å². The number of halogens is 5. The standard InChI is InChI=1S/C21H18F5N7/c1-12-8-20(23,19-31-29-11-32(19)2)5-6-33(12)18-14(9-27)7-15(21(24,25)26)30-17(18)13-3-4-16(22)28-10-13/h3-4,7,10-12H,5-6,8H2,1-2H3/t12-,20+/m1/s1. The molecular weight excluding hydrogens is 445 g/mol. The molecule has 1 fully saturated rings. The number of anilines is 1. The molecular formula is C21H18F5N7. The van der Waals surface area contributed by atoms with Gasteiger partial charge in [-0.3, -0.25) is 0 Å². The number of nitriles is 1. The lowest BCUT2D eigenvalue weighted by molar-refractivity contribution is -0.141. The first-order chi connectivity index (χ1) is 15.5. The molecule has 0 amide bonds. The number of hydrogen-bond acceptors (Lipinski definition) is 6. The first-order valence-electron chi connectivity index (χ1n) is 9.98. The predicted octanol–water partition coefficient (Wildman–Crippen LogP) is 4.16. The van der Waals surface area contributed by atoms with E-state index >= 15 is 4.39 Å². The van der Waals surface area contributed by atoms with Gasteiger partial charge in [-0.1, -0.05) is 0 Å². The molecule has 2 atom stereocenters. The summed E-state index contributed by atoms with van der Waals surface area (Å²) < 4.78 is 71.1. The van der Waals surface area contributed by atoms with Crippen molar-refractivity contribution in [3.63, 3.8) is 0 Å². The van der Waals surface area contributed by atoms with Crippen LogP contribution >= 0.6 is 0 Å². The van der Waals surface area contributed by atoms with E-state index in [0.29, 0.717) is 6.07 Å². The Kier molecular flexibility index (Phi) is 5.51. The SMILES string of the molecule is C[C@@H]1C[C@](F)(c2nncn2C)CCN1c1c(C#N)cc(C(F)(F)F)nc1-c1ccc(F)nc1. The van der Waals surface area contributed by atoms with Crippen molar-refractivity contribution in [2.45, 2.75) is 37.7 Å². The maximum absolute atomic E-state index is 15.8. The van der Waals surface area contributed by atoms with E-state index in [1.807, 2.05) is 6.07 Å². The van der Waals surface area contributed by atoms with Crippen LogP contribution in [0, 0.1) is 17.3 Å². The summed E-state index contributed by atoms with van der Waals surface area (Å²) >= 11 is 0. The number of aromatic nitrogens is 5. The maximum atomic E-state index is 15.8. The lowest BCUT2D eigenvalue weighted by Gasteiger charge is -2.42. The van der Waals surface area contributed by atoms with Crippen LogP contribution in [0.1, 0.15) is 36.8 Å². The fourth-order valence-corrected chi connectivity index (χ4v) is 4.20. The third-order valence-corrected chi connectivity index (χ3v) is 5.70. The van der Waals surface area contributed by atoms with Gasteiger partial charge in [-0.15, -0.1) is 10.2 Å². The molecule has 0 saturated carbocycles. The molecule has 172 valence electrons. The molecule has 12 heteroatoms. The van der Waals surface area contributed by atoms with Crippen molar-refractivity contribution < 1.29 is 22.0 Å². The van der Waals surface area contributed by atoms with Crippen molar-refractivity contribution in [3.8, 4) is 17.3 Å². The molecule has 0 unspecified atom stereocenters. The Hall–Kier alpha value is -3.62. The Balaban J connectivity index is 1.82. The predicted molar refractivity (Wildman–Crippen MR) is 107 cm³/mol. The smallest absolute Gasteiger partial charge is 0.366 e. The minimum absolute atomic E-state index is 0.0309. The molecule has 3 aromatic rings. The highest BCUT2D eigenvalue weighted by atomic mass is 19.4. The van der Waals surface area contributed by atoms with Gasteiger partial charge in [0.15, 0.2) is 11.5 Å². The van der Waals surface area contributed by atoms with E-state index in [2.05, 4.69) is 20.2 Å². The van der Waals surface area contributed by atoms with Gasteiger partial charge >= 0.3 is 6.18 Å². The van der Waals surface area contributed by atoms with E-state index in [0.717, 1.165) is 12.3 Å². The first-order valence-corrected chi connectivity index (χ1v) is 9.98. The van der Waals surface area contributed by atoms with Gasteiger partial charge in [-0.2, -0.15) is 22.8 Å². The van der Waals surface area contributed by atoms with Crippen molar-refractivity contribution in [3.05, 3.63) is 53.8 Å². The average molecular weight is 463 g/mol. The van der Waals surface area contributed by atoms with E-state index in [1.54, 1.807) is 18.9 Å². The zero-order valence-corrected chi connectivity index (χ0v) is 17.6. The minimum atomic E-state index is -4.81. The molecule has 0 spiro atoms. The lowest BCUT2D eigenvalue weighted by atomic mass is 9.86. The Morgan fingerprint density at radius 1 is 1.27 bits per heavy atom. The maximum Gasteiger partial charge on any atom is 0.433 e. The van der Waals surface area contributed by atoms with Crippen molar-refractivity contribution in [1.82, 2.24) is 24.7 Å². The molecule has 0 N–H and O–H groups in total. The lowest BCUT2D eigenvalue weighted by Crippen LogP contribution is -2.47. The van der Waals surface area contributed by atoms with Gasteiger partial charge in [0.25, 0.3) is 0 Å². The van der Waals surface area contributed by atoms with Crippen LogP contribution < -0.4 is 4.90 Å². The van der Waals surface area contributed by atoms with Gasteiger partial charge in [0, 0.05) is 44.2 Å². The zero-order valence-electron chi connectivity index (χ0n) is 17.6. The number of piperidine rings is 1. The molecule has 0 aliphatic carbocycles. The van der Waals surface area contributed by atoms with E-state index in [9.17, 15) is 22.8 Å². The summed E-state index contributed by atoms with van der Waals surface area (Å²) in [7, 11) is 1.63. The van der Waals surface area contributed by atoms with Crippen LogP contribution in [0.5, 0.6) is 0 Å². The second-order valence-corrected chi connectivity index (χ2v) is 7.96. The largest absolute Gasteiger partial charge is 0.433 e. The molecule has 1 aliphatic heterocycles. The van der Waals surface area contributed by atoms with Crippen LogP contribution in [0.25, 0.3) is 11.3 Å². The fraction of sp³-hybridized carbons (Fsp3) is 0.381. The van der Waals surface area contributed by atoms with E-state index in [1.165, 1.54) is 17.0 Å². The summed E-state index contributed by atoms with van der Waals surface area (Å²) in [6.45, 7) is 1.78. The summed E-state index contributed by atoms with van der Waals surface area (Å²) in [5, 5.41) is 17.3. The number of alkyl halides is 4. The summed E-state index contributed by atoms with van der Waals surface area (Å²) in [4.78, 5) is 8.92. The van der Waals surface area contributed by atoms with Gasteiger partial charge in [0.2, 0.25) is 5.95 Å². The van der Waals surface area contributed by atoms with Crippen molar-refractivity contribution in [2.75, 3.05) is 11.4 Å². The topological polar surface area (TPSA) is 83.5 Å². The first kappa shape index (κ1) is 22.6. The van der Waals surface area contributed by atoms with Crippen molar-refractivity contribution in [1.29, 1.82) is 5.26 Å². The average Bonchev–Trinajstić information content (AvgIpc) is 3.20. The molecule has 1 aliphatic rings. The highest BCUT2D eigenvalue weighted by molar-refractivity contribution is 5.80. The summed E-state index contributed by atoms with van der Waals surface area (Å²) in [5.74, 6) is -0.659. The number of aryl methyl sites for hydroxylation is 1. The van der Waals surface area contributed by atoms with Crippen molar-refractivity contribution >= 4 is 5.69 Å². The van der Waals surface area contributed by atoms with E-state index in [4.69, 9.17) is 0 Å². The second-order valence-electron chi connectivity index (χ2n) is 7.96. The molecule has 0 bridgehead atoms. The summed E-state index contributed by atoms with van der Waals surface area (Å²) in [5.41, 5.74) is -3.28. The normalized spacial score (nSPS) is 21.2. The Morgan fingerprint density at radius 2 is 2.03 bits per heavy atom. The number of rotatable bonds is 3. The van der Waals surface area contributed by atoms with Gasteiger partial charge in [0.05, 0.1) is 16.9 Å². The monoisotopic (exact) mass is 463 g/mol. The summed E-state index contributed by atoms with van der Waals surface area (Å²) in [6.07, 6.45) is -2.43. The molecule has 0 radical (unpaired) electrons. The van der Waals surface area contributed by atoms with Crippen LogP contribution in [0.15, 0.2) is 30.7 Å². The third-order valence-electron chi connectivity index (χ3n) is 5.70. The highest BCUT2D eigenvalue weighted by Gasteiger charge is 2.44. The Morgan fingerprint density at radius 3 is 2.58 bits per heavy atom. The molecule has 1 saturated heterocycles. The molecule has 3 aromatic heterocycles. The summed E-state index contributed by atoms with van der Waals surface area (Å²) in [6, 6.07) is 4.18. The van der Waals surface area contributed by atoms with Crippen LogP contribution in [-0.2, 0) is 18.9 Å². The molecule has 4 heterocycles. The molecule has 7 nitrogen and oxygen atoms in total. The zero-order chi connectivity index (χ0) is 24.0. The van der Waals surface area contributed by atoms with Crippen molar-refractivity contribution in [2.24, 2.45) is 7.05 Å². The fourth-order valence-electron chi connectivity index (χ4n) is 4.20. The number of hydrogen-bond donors (Lipinski definition) is 0. The Labute approximate surface area is 185 Å². The van der Waals surface area contributed by atoms with Crippen LogP contribution in [-0.4, -0.2) is 37.3 Å². The quantitative estimate of drug-likeness (QED) is 0.429. The minimum Gasteiger partial charge on any atom is -0.366 e. The molecule has 4 rings (SSSR count). The van der Waals surface area contributed by atoms with Crippen LogP contribution in [0.3, 0.4) is 0 Å². The number of nitrogens with zero attached hydrogens (tertiary/aromatic N) is 7. The van der Waals surface area contributed by atoms with E-state index < -0.39 is 29.5 Å². The van der Waals surface area contributed by atoms with Gasteiger partial charge in [-0.05, 0) is 25.1 Å².